The van der Waals surface area contributed by atoms with Crippen molar-refractivity contribution in [3.8, 4) is 0 Å². The lowest BCUT2D eigenvalue weighted by molar-refractivity contribution is 0.290. The molecule has 1 rings (SSSR count). The Labute approximate surface area is 111 Å². The zero-order valence-corrected chi connectivity index (χ0v) is 11.7. The lowest BCUT2D eigenvalue weighted by atomic mass is 10.2. The van der Waals surface area contributed by atoms with E-state index in [1.807, 2.05) is 6.08 Å². The summed E-state index contributed by atoms with van der Waals surface area (Å²) in [6.45, 7) is 9.84. The first-order chi connectivity index (χ1) is 8.77. The van der Waals surface area contributed by atoms with Crippen LogP contribution in [0.3, 0.4) is 0 Å². The largest absolute Gasteiger partial charge is 0.468 e. The number of nitrogens with zero attached hydrogens (tertiary/aromatic N) is 1. The van der Waals surface area contributed by atoms with Crippen LogP contribution in [0.2, 0.25) is 0 Å². The Balaban J connectivity index is 2.36. The zero-order chi connectivity index (χ0) is 13.2. The predicted octanol–water partition coefficient (Wildman–Crippen LogP) is 3.18. The van der Waals surface area contributed by atoms with E-state index in [2.05, 4.69) is 36.8 Å². The van der Waals surface area contributed by atoms with Crippen molar-refractivity contribution >= 4 is 0 Å². The van der Waals surface area contributed by atoms with Crippen molar-refractivity contribution in [3.63, 3.8) is 0 Å². The van der Waals surface area contributed by atoms with Crippen LogP contribution in [0.15, 0.2) is 29.4 Å². The van der Waals surface area contributed by atoms with Crippen molar-refractivity contribution in [2.24, 2.45) is 0 Å². The Kier molecular flexibility index (Phi) is 7.46. The minimum Gasteiger partial charge on any atom is -0.468 e. The van der Waals surface area contributed by atoms with E-state index in [1.165, 1.54) is 5.56 Å². The van der Waals surface area contributed by atoms with Gasteiger partial charge in [-0.1, -0.05) is 13.0 Å². The highest BCUT2D eigenvalue weighted by Gasteiger charge is 2.08. The third-order valence-electron chi connectivity index (χ3n) is 2.94. The van der Waals surface area contributed by atoms with Crippen LogP contribution in [0.25, 0.3) is 0 Å². The topological polar surface area (TPSA) is 28.4 Å². The van der Waals surface area contributed by atoms with Gasteiger partial charge in [0.1, 0.15) is 5.76 Å². The van der Waals surface area contributed by atoms with Gasteiger partial charge in [-0.3, -0.25) is 4.90 Å². The summed E-state index contributed by atoms with van der Waals surface area (Å²) in [4.78, 5) is 2.30. The minimum atomic E-state index is 0.882. The normalized spacial score (nSPS) is 11.1. The summed E-state index contributed by atoms with van der Waals surface area (Å²) in [6, 6.07) is 2.07. The molecule has 1 N–H and O–H groups in total. The van der Waals surface area contributed by atoms with Crippen molar-refractivity contribution in [1.29, 1.82) is 0 Å². The average molecular weight is 250 g/mol. The minimum absolute atomic E-state index is 0.882. The van der Waals surface area contributed by atoms with E-state index < -0.39 is 0 Å². The number of unbranched alkanes of at least 4 members (excludes halogenated alkanes) is 1. The number of furan rings is 1. The van der Waals surface area contributed by atoms with Crippen LogP contribution in [0.5, 0.6) is 0 Å². The maximum absolute atomic E-state index is 5.57. The summed E-state index contributed by atoms with van der Waals surface area (Å²) in [6.07, 6.45) is 7.16. The molecule has 1 aromatic heterocycles. The molecule has 0 aromatic carbocycles. The van der Waals surface area contributed by atoms with Crippen LogP contribution < -0.4 is 5.32 Å². The molecule has 3 nitrogen and oxygen atoms in total. The van der Waals surface area contributed by atoms with E-state index in [-0.39, 0.29) is 0 Å². The molecular weight excluding hydrogens is 224 g/mol. The molecule has 3 heteroatoms. The van der Waals surface area contributed by atoms with E-state index in [1.54, 1.807) is 6.26 Å². The summed E-state index contributed by atoms with van der Waals surface area (Å²) < 4.78 is 5.57. The van der Waals surface area contributed by atoms with Gasteiger partial charge in [0.25, 0.3) is 0 Å². The van der Waals surface area contributed by atoms with Crippen LogP contribution in [0.1, 0.15) is 37.5 Å². The molecule has 0 bridgehead atoms. The second-order valence-corrected chi connectivity index (χ2v) is 4.71. The second kappa shape index (κ2) is 8.95. The molecule has 0 atom stereocenters. The summed E-state index contributed by atoms with van der Waals surface area (Å²) in [5.74, 6) is 1.08. The SMILES string of the molecule is C=CCCCN(C)Cc1occc1CNCCC. The first-order valence-electron chi connectivity index (χ1n) is 6.83. The fourth-order valence-corrected chi connectivity index (χ4v) is 1.89. The molecule has 1 aromatic rings. The molecule has 0 spiro atoms. The third-order valence-corrected chi connectivity index (χ3v) is 2.94. The Hall–Kier alpha value is -1.06. The van der Waals surface area contributed by atoms with Crippen molar-refractivity contribution in [1.82, 2.24) is 10.2 Å². The molecule has 0 unspecified atom stereocenters. The van der Waals surface area contributed by atoms with Crippen LogP contribution in [-0.4, -0.2) is 25.0 Å². The molecule has 0 aliphatic carbocycles. The van der Waals surface area contributed by atoms with Crippen molar-refractivity contribution in [2.75, 3.05) is 20.1 Å². The molecule has 102 valence electrons. The van der Waals surface area contributed by atoms with Crippen LogP contribution >= 0.6 is 0 Å². The number of hydrogen-bond acceptors (Lipinski definition) is 3. The molecule has 0 fully saturated rings. The summed E-state index contributed by atoms with van der Waals surface area (Å²) in [5.41, 5.74) is 1.28. The van der Waals surface area contributed by atoms with Gasteiger partial charge in [0, 0.05) is 12.1 Å². The van der Waals surface area contributed by atoms with E-state index in [0.717, 1.165) is 51.2 Å². The van der Waals surface area contributed by atoms with E-state index in [0.29, 0.717) is 0 Å². The molecule has 18 heavy (non-hydrogen) atoms. The molecule has 0 aliphatic heterocycles. The molecule has 1 heterocycles. The maximum Gasteiger partial charge on any atom is 0.122 e. The highest BCUT2D eigenvalue weighted by Crippen LogP contribution is 2.13. The highest BCUT2D eigenvalue weighted by atomic mass is 16.3. The van der Waals surface area contributed by atoms with E-state index in [4.69, 9.17) is 4.42 Å². The van der Waals surface area contributed by atoms with Gasteiger partial charge in [-0.2, -0.15) is 0 Å². The van der Waals surface area contributed by atoms with Gasteiger partial charge in [-0.05, 0) is 45.5 Å². The molecule has 0 saturated carbocycles. The van der Waals surface area contributed by atoms with Crippen molar-refractivity contribution in [2.45, 2.75) is 39.3 Å². The van der Waals surface area contributed by atoms with Crippen LogP contribution in [0, 0.1) is 0 Å². The first-order valence-corrected chi connectivity index (χ1v) is 6.83. The summed E-state index contributed by atoms with van der Waals surface area (Å²) in [5, 5.41) is 3.41. The standard InChI is InChI=1S/C15H26N2O/c1-4-6-7-10-17(3)13-15-14(8-11-18-15)12-16-9-5-2/h4,8,11,16H,1,5-7,9-10,12-13H2,2-3H3. The van der Waals surface area contributed by atoms with E-state index in [9.17, 15) is 0 Å². The van der Waals surface area contributed by atoms with Gasteiger partial charge in [0.15, 0.2) is 0 Å². The van der Waals surface area contributed by atoms with Gasteiger partial charge in [-0.25, -0.2) is 0 Å². The molecule has 0 aliphatic rings. The smallest absolute Gasteiger partial charge is 0.122 e. The van der Waals surface area contributed by atoms with Gasteiger partial charge in [-0.15, -0.1) is 6.58 Å². The quantitative estimate of drug-likeness (QED) is 0.511. The summed E-state index contributed by atoms with van der Waals surface area (Å²) >= 11 is 0. The van der Waals surface area contributed by atoms with Gasteiger partial charge < -0.3 is 9.73 Å². The molecule has 0 amide bonds. The van der Waals surface area contributed by atoms with Crippen LogP contribution in [0.4, 0.5) is 0 Å². The lowest BCUT2D eigenvalue weighted by Crippen LogP contribution is -2.20. The Bertz CT molecular complexity index is 333. The van der Waals surface area contributed by atoms with E-state index >= 15 is 0 Å². The monoisotopic (exact) mass is 250 g/mol. The van der Waals surface area contributed by atoms with Gasteiger partial charge >= 0.3 is 0 Å². The molecular formula is C15H26N2O. The Morgan fingerprint density at radius 3 is 3.06 bits per heavy atom. The van der Waals surface area contributed by atoms with Crippen molar-refractivity contribution < 1.29 is 4.42 Å². The van der Waals surface area contributed by atoms with Gasteiger partial charge in [0.05, 0.1) is 12.8 Å². The fraction of sp³-hybridized carbons (Fsp3) is 0.600. The predicted molar refractivity (Wildman–Crippen MR) is 76.5 cm³/mol. The lowest BCUT2D eigenvalue weighted by Gasteiger charge is -2.15. The first kappa shape index (κ1) is 15.0. The number of rotatable bonds is 10. The maximum atomic E-state index is 5.57. The number of nitrogens with one attached hydrogen (secondary N) is 1. The molecule has 0 saturated heterocycles. The summed E-state index contributed by atoms with van der Waals surface area (Å²) in [7, 11) is 2.13. The van der Waals surface area contributed by atoms with Crippen LogP contribution in [-0.2, 0) is 13.1 Å². The number of allylic oxidation sites excluding steroid dienone is 1. The Morgan fingerprint density at radius 2 is 2.33 bits per heavy atom. The Morgan fingerprint density at radius 1 is 1.50 bits per heavy atom. The highest BCUT2D eigenvalue weighted by molar-refractivity contribution is 5.16. The number of hydrogen-bond donors (Lipinski definition) is 1. The zero-order valence-electron chi connectivity index (χ0n) is 11.7. The van der Waals surface area contributed by atoms with Gasteiger partial charge in [0.2, 0.25) is 0 Å². The fourth-order valence-electron chi connectivity index (χ4n) is 1.89. The second-order valence-electron chi connectivity index (χ2n) is 4.71. The third kappa shape index (κ3) is 5.52. The molecule has 0 radical (unpaired) electrons. The average Bonchev–Trinajstić information content (AvgIpc) is 2.77. The van der Waals surface area contributed by atoms with Crippen molar-refractivity contribution in [3.05, 3.63) is 36.3 Å².